The van der Waals surface area contributed by atoms with Gasteiger partial charge in [-0.05, 0) is 18.8 Å². The molecule has 0 radical (unpaired) electrons. The topological polar surface area (TPSA) is 12.0 Å². The van der Waals surface area contributed by atoms with Gasteiger partial charge in [0, 0.05) is 18.1 Å². The molecule has 0 amide bonds. The molecule has 0 aliphatic heterocycles. The van der Waals surface area contributed by atoms with E-state index in [1.807, 2.05) is 6.08 Å². The lowest BCUT2D eigenvalue weighted by Crippen LogP contribution is -2.37. The Morgan fingerprint density at radius 1 is 1.42 bits per heavy atom. The van der Waals surface area contributed by atoms with Crippen molar-refractivity contribution in [2.24, 2.45) is 5.92 Å². The predicted molar refractivity (Wildman–Crippen MR) is 54.4 cm³/mol. The molecule has 1 fully saturated rings. The molecule has 1 N–H and O–H groups in total. The summed E-state index contributed by atoms with van der Waals surface area (Å²) in [5.74, 6) is 0.836. The average molecular weight is 188 g/mol. The molecule has 0 bridgehead atoms. The maximum atomic E-state index is 5.44. The molecule has 1 nitrogen and oxygen atoms in total. The Morgan fingerprint density at radius 3 is 2.83 bits per heavy atom. The van der Waals surface area contributed by atoms with Gasteiger partial charge in [0.2, 0.25) is 0 Å². The lowest BCUT2D eigenvalue weighted by atomic mass is 9.86. The fraction of sp³-hybridized carbons (Fsp3) is 0.800. The maximum Gasteiger partial charge on any atom is 0.0149 e. The second kappa shape index (κ2) is 5.60. The lowest BCUT2D eigenvalue weighted by molar-refractivity contribution is 0.288. The van der Waals surface area contributed by atoms with Crippen molar-refractivity contribution in [3.63, 3.8) is 0 Å². The van der Waals surface area contributed by atoms with Crippen LogP contribution in [0.15, 0.2) is 11.6 Å². The number of hydrogen-bond donors (Lipinski definition) is 1. The van der Waals surface area contributed by atoms with Gasteiger partial charge in [-0.15, -0.1) is 0 Å². The highest BCUT2D eigenvalue weighted by Gasteiger charge is 2.19. The second-order valence-corrected chi connectivity index (χ2v) is 3.89. The molecule has 1 aliphatic rings. The van der Waals surface area contributed by atoms with Crippen LogP contribution in [0.3, 0.4) is 0 Å². The van der Waals surface area contributed by atoms with E-state index in [0.717, 1.165) is 12.5 Å². The van der Waals surface area contributed by atoms with Crippen LogP contribution < -0.4 is 5.32 Å². The van der Waals surface area contributed by atoms with E-state index in [0.29, 0.717) is 6.04 Å². The molecule has 1 aliphatic carbocycles. The molecule has 0 aromatic carbocycles. The summed E-state index contributed by atoms with van der Waals surface area (Å²) in [4.78, 5) is 0. The van der Waals surface area contributed by atoms with Crippen LogP contribution in [-0.2, 0) is 0 Å². The first-order chi connectivity index (χ1) is 5.84. The van der Waals surface area contributed by atoms with Crippen molar-refractivity contribution in [1.82, 2.24) is 5.32 Å². The Morgan fingerprint density at radius 2 is 2.17 bits per heavy atom. The van der Waals surface area contributed by atoms with Crippen LogP contribution in [0.1, 0.15) is 32.6 Å². The van der Waals surface area contributed by atoms with E-state index in [4.69, 9.17) is 11.6 Å². The quantitative estimate of drug-likeness (QED) is 0.717. The van der Waals surface area contributed by atoms with Crippen molar-refractivity contribution in [2.45, 2.75) is 38.6 Å². The van der Waals surface area contributed by atoms with Gasteiger partial charge in [0.05, 0.1) is 0 Å². The van der Waals surface area contributed by atoms with Crippen LogP contribution in [0.4, 0.5) is 0 Å². The Kier molecular flexibility index (Phi) is 4.70. The smallest absolute Gasteiger partial charge is 0.0149 e. The molecule has 0 spiro atoms. The fourth-order valence-electron chi connectivity index (χ4n) is 1.88. The average Bonchev–Trinajstić information content (AvgIpc) is 2.09. The Hall–Kier alpha value is -0.0100. The predicted octanol–water partition coefficient (Wildman–Crippen LogP) is 2.91. The third kappa shape index (κ3) is 3.16. The van der Waals surface area contributed by atoms with Crippen molar-refractivity contribution < 1.29 is 0 Å². The summed E-state index contributed by atoms with van der Waals surface area (Å²) >= 11 is 5.44. The Balaban J connectivity index is 2.20. The van der Waals surface area contributed by atoms with Gasteiger partial charge < -0.3 is 5.32 Å². The first-order valence-corrected chi connectivity index (χ1v) is 5.27. The molecule has 0 aromatic rings. The van der Waals surface area contributed by atoms with Crippen molar-refractivity contribution in [2.75, 3.05) is 6.54 Å². The van der Waals surface area contributed by atoms with Crippen molar-refractivity contribution in [3.05, 3.63) is 11.6 Å². The SMILES string of the molecule is CC1CCCCC1NC/C=C/Cl. The monoisotopic (exact) mass is 187 g/mol. The van der Waals surface area contributed by atoms with E-state index < -0.39 is 0 Å². The second-order valence-electron chi connectivity index (χ2n) is 3.64. The third-order valence-corrected chi connectivity index (χ3v) is 2.88. The Bertz CT molecular complexity index is 145. The van der Waals surface area contributed by atoms with E-state index in [2.05, 4.69) is 12.2 Å². The van der Waals surface area contributed by atoms with Gasteiger partial charge in [-0.1, -0.05) is 37.4 Å². The van der Waals surface area contributed by atoms with Gasteiger partial charge in [-0.2, -0.15) is 0 Å². The van der Waals surface area contributed by atoms with Crippen LogP contribution in [0.25, 0.3) is 0 Å². The lowest BCUT2D eigenvalue weighted by Gasteiger charge is -2.29. The molecule has 2 atom stereocenters. The minimum atomic E-state index is 0.714. The molecule has 2 heteroatoms. The van der Waals surface area contributed by atoms with Crippen LogP contribution in [0.2, 0.25) is 0 Å². The summed E-state index contributed by atoms with van der Waals surface area (Å²) in [7, 11) is 0. The summed E-state index contributed by atoms with van der Waals surface area (Å²) in [6.45, 7) is 3.25. The third-order valence-electron chi connectivity index (χ3n) is 2.70. The normalized spacial score (nSPS) is 31.2. The zero-order chi connectivity index (χ0) is 8.81. The summed E-state index contributed by atoms with van der Waals surface area (Å²) in [5, 5.41) is 3.50. The van der Waals surface area contributed by atoms with Crippen molar-refractivity contribution in [3.8, 4) is 0 Å². The number of rotatable bonds is 3. The van der Waals surface area contributed by atoms with Crippen molar-refractivity contribution >= 4 is 11.6 Å². The largest absolute Gasteiger partial charge is 0.310 e. The van der Waals surface area contributed by atoms with E-state index in [1.165, 1.54) is 25.7 Å². The van der Waals surface area contributed by atoms with Gasteiger partial charge in [0.15, 0.2) is 0 Å². The number of nitrogens with one attached hydrogen (secondary N) is 1. The highest BCUT2D eigenvalue weighted by Crippen LogP contribution is 2.23. The van der Waals surface area contributed by atoms with E-state index >= 15 is 0 Å². The van der Waals surface area contributed by atoms with E-state index in [-0.39, 0.29) is 0 Å². The summed E-state index contributed by atoms with van der Waals surface area (Å²) in [6, 6.07) is 0.714. The summed E-state index contributed by atoms with van der Waals surface area (Å²) in [6.07, 6.45) is 7.46. The van der Waals surface area contributed by atoms with E-state index in [9.17, 15) is 0 Å². The zero-order valence-electron chi connectivity index (χ0n) is 7.72. The van der Waals surface area contributed by atoms with Gasteiger partial charge in [-0.25, -0.2) is 0 Å². The van der Waals surface area contributed by atoms with Crippen LogP contribution in [0.5, 0.6) is 0 Å². The molecular formula is C10H18ClN. The van der Waals surface area contributed by atoms with Crippen LogP contribution >= 0.6 is 11.6 Å². The minimum Gasteiger partial charge on any atom is -0.310 e. The molecule has 12 heavy (non-hydrogen) atoms. The van der Waals surface area contributed by atoms with E-state index in [1.54, 1.807) is 5.54 Å². The van der Waals surface area contributed by atoms with Gasteiger partial charge >= 0.3 is 0 Å². The standard InChI is InChI=1S/C10H18ClN/c1-9-5-2-3-6-10(9)12-8-4-7-11/h4,7,9-10,12H,2-3,5-6,8H2,1H3/b7-4+. The molecule has 1 saturated carbocycles. The molecular weight excluding hydrogens is 170 g/mol. The highest BCUT2D eigenvalue weighted by atomic mass is 35.5. The Labute approximate surface area is 80.2 Å². The number of halogens is 1. The summed E-state index contributed by atoms with van der Waals surface area (Å²) < 4.78 is 0. The fourth-order valence-corrected chi connectivity index (χ4v) is 1.97. The molecule has 1 rings (SSSR count). The molecule has 0 heterocycles. The zero-order valence-corrected chi connectivity index (χ0v) is 8.48. The molecule has 70 valence electrons. The highest BCUT2D eigenvalue weighted by molar-refractivity contribution is 6.25. The first kappa shape index (κ1) is 10.1. The van der Waals surface area contributed by atoms with Gasteiger partial charge in [0.1, 0.15) is 0 Å². The number of hydrogen-bond acceptors (Lipinski definition) is 1. The minimum absolute atomic E-state index is 0.714. The van der Waals surface area contributed by atoms with Crippen molar-refractivity contribution in [1.29, 1.82) is 0 Å². The first-order valence-electron chi connectivity index (χ1n) is 4.83. The summed E-state index contributed by atoms with van der Waals surface area (Å²) in [5.41, 5.74) is 1.58. The van der Waals surface area contributed by atoms with Gasteiger partial charge in [0.25, 0.3) is 0 Å². The van der Waals surface area contributed by atoms with Crippen LogP contribution in [-0.4, -0.2) is 12.6 Å². The maximum absolute atomic E-state index is 5.44. The van der Waals surface area contributed by atoms with Crippen LogP contribution in [0, 0.1) is 5.92 Å². The van der Waals surface area contributed by atoms with Gasteiger partial charge in [-0.3, -0.25) is 0 Å². The molecule has 0 saturated heterocycles. The molecule has 0 aromatic heterocycles. The molecule has 2 unspecified atom stereocenters.